The van der Waals surface area contributed by atoms with Crippen molar-refractivity contribution in [1.29, 1.82) is 0 Å². The molecule has 0 aliphatic carbocycles. The van der Waals surface area contributed by atoms with Crippen LogP contribution in [-0.2, 0) is 10.0 Å². The van der Waals surface area contributed by atoms with Gasteiger partial charge < -0.3 is 19.8 Å². The molecule has 15 heteroatoms. The zero-order valence-electron chi connectivity index (χ0n) is 22.3. The van der Waals surface area contributed by atoms with E-state index in [2.05, 4.69) is 20.6 Å². The predicted octanol–water partition coefficient (Wildman–Crippen LogP) is 4.84. The number of fused-ring (bicyclic) bond motifs is 1. The van der Waals surface area contributed by atoms with Crippen molar-refractivity contribution in [2.45, 2.75) is 6.92 Å². The number of anilines is 4. The van der Waals surface area contributed by atoms with Gasteiger partial charge in [0.15, 0.2) is 11.5 Å². The highest BCUT2D eigenvalue weighted by Gasteiger charge is 2.27. The van der Waals surface area contributed by atoms with Crippen LogP contribution in [0, 0.1) is 10.1 Å². The number of hydrogen-bond acceptors (Lipinski definition) is 9. The third-order valence-electron chi connectivity index (χ3n) is 6.15. The molecule has 0 bridgehead atoms. The average molecular weight is 589 g/mol. The van der Waals surface area contributed by atoms with E-state index in [4.69, 9.17) is 9.72 Å². The van der Waals surface area contributed by atoms with E-state index in [0.717, 1.165) is 4.31 Å². The number of rotatable bonds is 9. The van der Waals surface area contributed by atoms with Gasteiger partial charge in [0.2, 0.25) is 10.0 Å². The third kappa shape index (κ3) is 5.66. The lowest BCUT2D eigenvalue weighted by molar-refractivity contribution is -0.384. The Labute approximate surface area is 239 Å². The lowest BCUT2D eigenvalue weighted by Crippen LogP contribution is -2.29. The van der Waals surface area contributed by atoms with Crippen molar-refractivity contribution in [1.82, 2.24) is 19.4 Å². The summed E-state index contributed by atoms with van der Waals surface area (Å²) in [6, 6.07) is 13.1. The molecule has 0 aliphatic rings. The summed E-state index contributed by atoms with van der Waals surface area (Å²) in [7, 11) is -2.45. The minimum atomic E-state index is -3.83. The smallest absolute Gasteiger partial charge is 0.323 e. The molecular formula is C27H24N8O6S. The number of nitrogens with zero attached hydrogens (tertiary/aromatic N) is 6. The van der Waals surface area contributed by atoms with Crippen LogP contribution in [0.4, 0.5) is 33.4 Å². The number of methoxy groups -OCH3 is 1. The Hall–Kier alpha value is -5.57. The quantitative estimate of drug-likeness (QED) is 0.180. The Morgan fingerprint density at radius 1 is 1.10 bits per heavy atom. The molecule has 5 rings (SSSR count). The number of carbonyl (C=O) groups is 1. The van der Waals surface area contributed by atoms with Crippen molar-refractivity contribution in [3.63, 3.8) is 0 Å². The van der Waals surface area contributed by atoms with Crippen LogP contribution in [0.5, 0.6) is 5.75 Å². The van der Waals surface area contributed by atoms with Gasteiger partial charge in [-0.25, -0.2) is 27.5 Å². The second-order valence-corrected chi connectivity index (χ2v) is 10.9. The van der Waals surface area contributed by atoms with Gasteiger partial charge in [0.05, 0.1) is 34.9 Å². The van der Waals surface area contributed by atoms with Crippen molar-refractivity contribution >= 4 is 50.3 Å². The van der Waals surface area contributed by atoms with Gasteiger partial charge in [0.1, 0.15) is 5.75 Å². The van der Waals surface area contributed by atoms with Crippen LogP contribution in [0.1, 0.15) is 6.92 Å². The first kappa shape index (κ1) is 28.0. The molecule has 0 aliphatic heterocycles. The van der Waals surface area contributed by atoms with Crippen LogP contribution in [-0.4, -0.2) is 51.6 Å². The summed E-state index contributed by atoms with van der Waals surface area (Å²) < 4.78 is 34.5. The number of sulfonamides is 1. The standard InChI is InChI=1S/C27H24N8O6S/c1-3-42(39,40)34(20-9-11-28-12-10-20)26-25-29-13-14-33(25)17-23(31-26)18-5-4-6-19(15-18)30-27(36)32-22-16-21(35(37)38)7-8-24(22)41-2/h4-17H,3H2,1-2H3,(H2,30,32,36). The fourth-order valence-electron chi connectivity index (χ4n) is 4.16. The normalized spacial score (nSPS) is 11.2. The molecule has 0 unspecified atom stereocenters. The zero-order valence-corrected chi connectivity index (χ0v) is 23.1. The first-order valence-electron chi connectivity index (χ1n) is 12.5. The van der Waals surface area contributed by atoms with E-state index in [1.54, 1.807) is 60.1 Å². The van der Waals surface area contributed by atoms with Crippen molar-refractivity contribution in [3.05, 3.63) is 95.7 Å². The van der Waals surface area contributed by atoms with Crippen LogP contribution in [0.2, 0.25) is 0 Å². The molecule has 3 heterocycles. The highest BCUT2D eigenvalue weighted by atomic mass is 32.2. The van der Waals surface area contributed by atoms with Crippen LogP contribution in [0.15, 0.2) is 85.6 Å². The number of nitro benzene ring substituents is 1. The number of aromatic nitrogens is 4. The number of amides is 2. The van der Waals surface area contributed by atoms with E-state index in [1.807, 2.05) is 0 Å². The van der Waals surface area contributed by atoms with Crippen LogP contribution in [0.3, 0.4) is 0 Å². The number of nitrogens with one attached hydrogen (secondary N) is 2. The molecule has 3 aromatic heterocycles. The summed E-state index contributed by atoms with van der Waals surface area (Å²) >= 11 is 0. The molecule has 42 heavy (non-hydrogen) atoms. The van der Waals surface area contributed by atoms with E-state index in [0.29, 0.717) is 28.3 Å². The molecule has 0 saturated carbocycles. The summed E-state index contributed by atoms with van der Waals surface area (Å²) in [5.41, 5.74) is 1.95. The fourth-order valence-corrected chi connectivity index (χ4v) is 5.25. The minimum Gasteiger partial charge on any atom is -0.495 e. The summed E-state index contributed by atoms with van der Waals surface area (Å²) in [5, 5.41) is 16.4. The second kappa shape index (κ2) is 11.5. The fraction of sp³-hybridized carbons (Fsp3) is 0.111. The molecule has 214 valence electrons. The topological polar surface area (TPSA) is 174 Å². The highest BCUT2D eigenvalue weighted by Crippen LogP contribution is 2.33. The molecule has 14 nitrogen and oxygen atoms in total. The van der Waals surface area contributed by atoms with Gasteiger partial charge >= 0.3 is 6.03 Å². The first-order chi connectivity index (χ1) is 20.2. The summed E-state index contributed by atoms with van der Waals surface area (Å²) in [6.07, 6.45) is 7.89. The molecule has 0 atom stereocenters. The SMILES string of the molecule is CCS(=O)(=O)N(c1ccncc1)c1nc(-c2cccc(NC(=O)Nc3cc([N+](=O)[O-])ccc3OC)c2)cn2ccnc12. The maximum absolute atomic E-state index is 13.3. The number of imidazole rings is 1. The Morgan fingerprint density at radius 2 is 1.88 bits per heavy atom. The van der Waals surface area contributed by atoms with Crippen molar-refractivity contribution in [2.75, 3.05) is 27.8 Å². The molecule has 0 spiro atoms. The largest absolute Gasteiger partial charge is 0.495 e. The summed E-state index contributed by atoms with van der Waals surface area (Å²) in [5.74, 6) is 0.160. The molecule has 2 amide bonds. The number of hydrogen-bond donors (Lipinski definition) is 2. The Bertz CT molecular complexity index is 1900. The maximum Gasteiger partial charge on any atom is 0.323 e. The number of urea groups is 1. The second-order valence-electron chi connectivity index (χ2n) is 8.78. The number of ether oxygens (including phenoxy) is 1. The van der Waals surface area contributed by atoms with E-state index in [9.17, 15) is 23.3 Å². The summed E-state index contributed by atoms with van der Waals surface area (Å²) in [4.78, 5) is 36.4. The highest BCUT2D eigenvalue weighted by molar-refractivity contribution is 7.93. The van der Waals surface area contributed by atoms with Gasteiger partial charge in [0.25, 0.3) is 5.69 Å². The molecule has 0 radical (unpaired) electrons. The molecule has 2 N–H and O–H groups in total. The Balaban J connectivity index is 1.50. The van der Waals surface area contributed by atoms with Crippen LogP contribution < -0.4 is 19.7 Å². The lowest BCUT2D eigenvalue weighted by atomic mass is 10.1. The van der Waals surface area contributed by atoms with E-state index >= 15 is 0 Å². The number of non-ortho nitro benzene ring substituents is 1. The molecular weight excluding hydrogens is 564 g/mol. The van der Waals surface area contributed by atoms with E-state index in [1.165, 1.54) is 43.9 Å². The number of carbonyl (C=O) groups excluding carboxylic acids is 1. The van der Waals surface area contributed by atoms with Crippen LogP contribution in [0.25, 0.3) is 16.9 Å². The van der Waals surface area contributed by atoms with Crippen molar-refractivity contribution < 1.29 is 22.9 Å². The maximum atomic E-state index is 13.3. The molecule has 5 aromatic rings. The van der Waals surface area contributed by atoms with Gasteiger partial charge in [-0.05, 0) is 37.3 Å². The number of benzene rings is 2. The molecule has 0 fully saturated rings. The summed E-state index contributed by atoms with van der Waals surface area (Å²) in [6.45, 7) is 1.54. The third-order valence-corrected chi connectivity index (χ3v) is 7.82. The minimum absolute atomic E-state index is 0.0967. The van der Waals surface area contributed by atoms with Gasteiger partial charge in [-0.3, -0.25) is 15.1 Å². The van der Waals surface area contributed by atoms with Crippen LogP contribution >= 0.6 is 0 Å². The Kier molecular flexibility index (Phi) is 7.66. The lowest BCUT2D eigenvalue weighted by Gasteiger charge is -2.23. The predicted molar refractivity (Wildman–Crippen MR) is 157 cm³/mol. The first-order valence-corrected chi connectivity index (χ1v) is 14.1. The average Bonchev–Trinajstić information content (AvgIpc) is 3.47. The zero-order chi connectivity index (χ0) is 29.9. The number of nitro groups is 1. The molecule has 2 aromatic carbocycles. The van der Waals surface area contributed by atoms with Gasteiger partial charge in [-0.15, -0.1) is 0 Å². The van der Waals surface area contributed by atoms with Gasteiger partial charge in [0, 0.05) is 54.4 Å². The van der Waals surface area contributed by atoms with E-state index in [-0.39, 0.29) is 28.7 Å². The Morgan fingerprint density at radius 3 is 2.60 bits per heavy atom. The van der Waals surface area contributed by atoms with E-state index < -0.39 is 21.0 Å². The number of pyridine rings is 1. The van der Waals surface area contributed by atoms with Crippen molar-refractivity contribution in [3.8, 4) is 17.0 Å². The van der Waals surface area contributed by atoms with Gasteiger partial charge in [-0.2, -0.15) is 0 Å². The molecule has 0 saturated heterocycles. The monoisotopic (exact) mass is 588 g/mol. The van der Waals surface area contributed by atoms with Crippen molar-refractivity contribution in [2.24, 2.45) is 0 Å². The van der Waals surface area contributed by atoms with Gasteiger partial charge in [-0.1, -0.05) is 12.1 Å².